The number of amides is 1. The van der Waals surface area contributed by atoms with Crippen LogP contribution in [0.3, 0.4) is 0 Å². The van der Waals surface area contributed by atoms with E-state index in [1.165, 1.54) is 22.8 Å². The van der Waals surface area contributed by atoms with Gasteiger partial charge in [-0.15, -0.1) is 0 Å². The normalized spacial score (nSPS) is 12.3. The van der Waals surface area contributed by atoms with Crippen LogP contribution < -0.4 is 5.32 Å². The smallest absolute Gasteiger partial charge is 0.321 e. The summed E-state index contributed by atoms with van der Waals surface area (Å²) in [6, 6.07) is 4.30. The predicted octanol–water partition coefficient (Wildman–Crippen LogP) is 3.81. The van der Waals surface area contributed by atoms with Crippen molar-refractivity contribution in [3.63, 3.8) is 0 Å². The molecular formula is C18H11F6N7O. The molecule has 0 radical (unpaired) electrons. The lowest BCUT2D eigenvalue weighted by atomic mass is 10.1. The van der Waals surface area contributed by atoms with Crippen LogP contribution in [0.1, 0.15) is 21.7 Å². The van der Waals surface area contributed by atoms with Crippen molar-refractivity contribution in [2.24, 2.45) is 7.05 Å². The second kappa shape index (κ2) is 7.32. The second-order valence-electron chi connectivity index (χ2n) is 6.53. The molecular weight excluding hydrogens is 444 g/mol. The Morgan fingerprint density at radius 3 is 2.50 bits per heavy atom. The number of pyridine rings is 2. The summed E-state index contributed by atoms with van der Waals surface area (Å²) in [7, 11) is 1.12. The summed E-state index contributed by atoms with van der Waals surface area (Å²) in [5, 5.41) is 9.76. The van der Waals surface area contributed by atoms with E-state index in [2.05, 4.69) is 20.2 Å². The fraction of sp³-hybridized carbons (Fsp3) is 0.167. The van der Waals surface area contributed by atoms with Gasteiger partial charge in [0.05, 0.1) is 0 Å². The molecule has 0 saturated heterocycles. The number of carbonyl (C=O) groups excluding carboxylic acids is 1. The van der Waals surface area contributed by atoms with Crippen LogP contribution in [0.5, 0.6) is 0 Å². The molecule has 1 N–H and O–H groups in total. The number of fused-ring (bicyclic) bond motifs is 1. The minimum atomic E-state index is -5.02. The first-order valence-corrected chi connectivity index (χ1v) is 8.74. The quantitative estimate of drug-likeness (QED) is 0.475. The molecule has 1 amide bonds. The van der Waals surface area contributed by atoms with Gasteiger partial charge in [0.1, 0.15) is 29.0 Å². The largest absolute Gasteiger partial charge is 0.433 e. The van der Waals surface area contributed by atoms with E-state index in [-0.39, 0.29) is 16.9 Å². The van der Waals surface area contributed by atoms with Crippen molar-refractivity contribution in [2.45, 2.75) is 12.4 Å². The average Bonchev–Trinajstić information content (AvgIpc) is 3.31. The fourth-order valence-electron chi connectivity index (χ4n) is 3.13. The van der Waals surface area contributed by atoms with Crippen LogP contribution in [-0.2, 0) is 19.4 Å². The van der Waals surface area contributed by atoms with Crippen molar-refractivity contribution >= 4 is 17.2 Å². The highest BCUT2D eigenvalue weighted by molar-refractivity contribution is 6.05. The Morgan fingerprint density at radius 1 is 1.06 bits per heavy atom. The minimum Gasteiger partial charge on any atom is -0.321 e. The number of nitrogens with one attached hydrogen (secondary N) is 1. The topological polar surface area (TPSA) is 90.0 Å². The molecule has 0 aromatic carbocycles. The molecule has 166 valence electrons. The maximum Gasteiger partial charge on any atom is 0.433 e. The van der Waals surface area contributed by atoms with Gasteiger partial charge in [0.15, 0.2) is 5.65 Å². The van der Waals surface area contributed by atoms with Gasteiger partial charge in [0.2, 0.25) is 0 Å². The average molecular weight is 455 g/mol. The SMILES string of the molecule is Cn1nc(-c2cccn3ncnc23)c(C(F)(F)F)c1C(=O)Nc1ccnc(C(F)(F)F)c1. The van der Waals surface area contributed by atoms with E-state index in [4.69, 9.17) is 0 Å². The van der Waals surface area contributed by atoms with Gasteiger partial charge in [-0.25, -0.2) is 9.50 Å². The van der Waals surface area contributed by atoms with Crippen LogP contribution in [0.15, 0.2) is 43.0 Å². The standard InChI is InChI=1S/C18H11F6N7O/c1-30-14(16(32)28-9-4-5-25-11(7-9)17(19,20)21)12(18(22,23)24)13(29-30)10-3-2-6-31-15(10)26-8-27-31/h2-8H,1H3,(H,25,28,32). The zero-order valence-electron chi connectivity index (χ0n) is 15.9. The molecule has 0 unspecified atom stereocenters. The number of aromatic nitrogens is 6. The molecule has 0 aliphatic heterocycles. The number of alkyl halides is 6. The predicted molar refractivity (Wildman–Crippen MR) is 97.4 cm³/mol. The van der Waals surface area contributed by atoms with Gasteiger partial charge >= 0.3 is 12.4 Å². The number of anilines is 1. The Kier molecular flexibility index (Phi) is 4.86. The lowest BCUT2D eigenvalue weighted by Crippen LogP contribution is -2.21. The maximum atomic E-state index is 14.0. The number of aryl methyl sites for hydroxylation is 1. The van der Waals surface area contributed by atoms with Crippen LogP contribution in [0.4, 0.5) is 32.0 Å². The van der Waals surface area contributed by atoms with Gasteiger partial charge in [-0.1, -0.05) is 0 Å². The first kappa shape index (κ1) is 21.3. The van der Waals surface area contributed by atoms with Crippen molar-refractivity contribution < 1.29 is 31.1 Å². The summed E-state index contributed by atoms with van der Waals surface area (Å²) in [4.78, 5) is 19.8. The van der Waals surface area contributed by atoms with Gasteiger partial charge in [-0.05, 0) is 24.3 Å². The van der Waals surface area contributed by atoms with Crippen LogP contribution in [-0.4, -0.2) is 35.3 Å². The van der Waals surface area contributed by atoms with Gasteiger partial charge < -0.3 is 5.32 Å². The van der Waals surface area contributed by atoms with E-state index in [0.717, 1.165) is 25.6 Å². The summed E-state index contributed by atoms with van der Waals surface area (Å²) in [6.07, 6.45) is -6.42. The summed E-state index contributed by atoms with van der Waals surface area (Å²) in [6.45, 7) is 0. The van der Waals surface area contributed by atoms with E-state index in [9.17, 15) is 31.1 Å². The van der Waals surface area contributed by atoms with Gasteiger partial charge in [-0.2, -0.15) is 36.5 Å². The van der Waals surface area contributed by atoms with E-state index >= 15 is 0 Å². The van der Waals surface area contributed by atoms with E-state index in [1.54, 1.807) is 0 Å². The van der Waals surface area contributed by atoms with E-state index < -0.39 is 40.9 Å². The number of halogens is 6. The Bertz CT molecular complexity index is 1320. The molecule has 0 bridgehead atoms. The molecule has 32 heavy (non-hydrogen) atoms. The monoisotopic (exact) mass is 455 g/mol. The Balaban J connectivity index is 1.82. The maximum absolute atomic E-state index is 14.0. The molecule has 0 saturated carbocycles. The molecule has 0 spiro atoms. The Hall–Kier alpha value is -3.97. The van der Waals surface area contributed by atoms with Crippen LogP contribution >= 0.6 is 0 Å². The molecule has 0 aliphatic carbocycles. The van der Waals surface area contributed by atoms with E-state index in [1.807, 2.05) is 5.32 Å². The molecule has 4 heterocycles. The van der Waals surface area contributed by atoms with Crippen LogP contribution in [0.25, 0.3) is 16.9 Å². The molecule has 4 aromatic heterocycles. The highest BCUT2D eigenvalue weighted by atomic mass is 19.4. The molecule has 8 nitrogen and oxygen atoms in total. The summed E-state index contributed by atoms with van der Waals surface area (Å²) >= 11 is 0. The number of nitrogens with zero attached hydrogens (tertiary/aromatic N) is 6. The first-order chi connectivity index (χ1) is 15.0. The van der Waals surface area contributed by atoms with Gasteiger partial charge in [0.25, 0.3) is 5.91 Å². The van der Waals surface area contributed by atoms with Crippen molar-refractivity contribution in [2.75, 3.05) is 5.32 Å². The van der Waals surface area contributed by atoms with Crippen LogP contribution in [0, 0.1) is 0 Å². The van der Waals surface area contributed by atoms with Gasteiger partial charge in [-0.3, -0.25) is 14.5 Å². The van der Waals surface area contributed by atoms with Crippen molar-refractivity contribution in [1.29, 1.82) is 0 Å². The van der Waals surface area contributed by atoms with Crippen molar-refractivity contribution in [3.8, 4) is 11.3 Å². The highest BCUT2D eigenvalue weighted by Crippen LogP contribution is 2.40. The fourth-order valence-corrected chi connectivity index (χ4v) is 3.13. The van der Waals surface area contributed by atoms with Crippen LogP contribution in [0.2, 0.25) is 0 Å². The molecule has 4 aromatic rings. The number of hydrogen-bond acceptors (Lipinski definition) is 5. The lowest BCUT2D eigenvalue weighted by Gasteiger charge is -2.12. The number of carbonyl (C=O) groups is 1. The minimum absolute atomic E-state index is 0.0322. The third-order valence-electron chi connectivity index (χ3n) is 4.41. The zero-order chi connectivity index (χ0) is 23.3. The molecule has 4 rings (SSSR count). The van der Waals surface area contributed by atoms with E-state index in [0.29, 0.717) is 10.7 Å². The summed E-state index contributed by atoms with van der Waals surface area (Å²) in [5.41, 5.74) is -4.47. The summed E-state index contributed by atoms with van der Waals surface area (Å²) in [5.74, 6) is -1.30. The third-order valence-corrected chi connectivity index (χ3v) is 4.41. The highest BCUT2D eigenvalue weighted by Gasteiger charge is 2.43. The second-order valence-corrected chi connectivity index (χ2v) is 6.53. The molecule has 0 aliphatic rings. The Morgan fingerprint density at radius 2 is 1.81 bits per heavy atom. The molecule has 14 heteroatoms. The lowest BCUT2D eigenvalue weighted by molar-refractivity contribution is -0.141. The zero-order valence-corrected chi connectivity index (χ0v) is 15.9. The van der Waals surface area contributed by atoms with Crippen molar-refractivity contribution in [3.05, 3.63) is 59.9 Å². The van der Waals surface area contributed by atoms with Gasteiger partial charge in [0, 0.05) is 30.7 Å². The summed E-state index contributed by atoms with van der Waals surface area (Å²) < 4.78 is 82.6. The number of rotatable bonds is 3. The van der Waals surface area contributed by atoms with Crippen molar-refractivity contribution in [1.82, 2.24) is 29.4 Å². The Labute approximate surface area is 174 Å². The molecule has 0 fully saturated rings. The third kappa shape index (κ3) is 3.74. The molecule has 0 atom stereocenters. The first-order valence-electron chi connectivity index (χ1n) is 8.74. The number of hydrogen-bond donors (Lipinski definition) is 1.